The van der Waals surface area contributed by atoms with Gasteiger partial charge in [0, 0.05) is 12.0 Å². The second-order valence-electron chi connectivity index (χ2n) is 6.21. The average molecular weight is 286 g/mol. The lowest BCUT2D eigenvalue weighted by Gasteiger charge is -2.54. The molecule has 0 bridgehead atoms. The Morgan fingerprint density at radius 3 is 2.33 bits per heavy atom. The van der Waals surface area contributed by atoms with Crippen LogP contribution in [-0.4, -0.2) is 13.1 Å². The lowest BCUT2D eigenvalue weighted by Crippen LogP contribution is -2.52. The maximum Gasteiger partial charge on any atom is 0.0595 e. The Morgan fingerprint density at radius 1 is 1.17 bits per heavy atom. The smallest absolute Gasteiger partial charge is 0.0595 e. The third kappa shape index (κ3) is 2.68. The zero-order valence-corrected chi connectivity index (χ0v) is 12.8. The second kappa shape index (κ2) is 5.03. The normalized spacial score (nSPS) is 20.5. The van der Waals surface area contributed by atoms with Crippen LogP contribution >= 0.6 is 23.2 Å². The Labute approximate surface area is 120 Å². The maximum absolute atomic E-state index is 6.15. The monoisotopic (exact) mass is 285 g/mol. The van der Waals surface area contributed by atoms with E-state index in [9.17, 15) is 0 Å². The average Bonchev–Trinajstić information content (AvgIpc) is 2.27. The molecule has 0 aromatic heterocycles. The van der Waals surface area contributed by atoms with Crippen molar-refractivity contribution in [2.45, 2.75) is 39.0 Å². The molecule has 0 aliphatic heterocycles. The minimum absolute atomic E-state index is 0.230. The number of benzene rings is 1. The largest absolute Gasteiger partial charge is 0.316 e. The molecular formula is C15H21Cl2N. The van der Waals surface area contributed by atoms with Gasteiger partial charge in [-0.2, -0.15) is 0 Å². The van der Waals surface area contributed by atoms with E-state index in [4.69, 9.17) is 23.2 Å². The highest BCUT2D eigenvalue weighted by atomic mass is 35.5. The highest BCUT2D eigenvalue weighted by Crippen LogP contribution is 2.55. The third-order valence-corrected chi connectivity index (χ3v) is 4.62. The summed E-state index contributed by atoms with van der Waals surface area (Å²) in [5, 5.41) is 4.78. The summed E-state index contributed by atoms with van der Waals surface area (Å²) in [5.74, 6) is 0. The molecule has 1 fully saturated rings. The van der Waals surface area contributed by atoms with E-state index < -0.39 is 0 Å². The molecule has 0 unspecified atom stereocenters. The van der Waals surface area contributed by atoms with E-state index >= 15 is 0 Å². The summed E-state index contributed by atoms with van der Waals surface area (Å²) in [6, 6.07) is 6.08. The topological polar surface area (TPSA) is 12.0 Å². The fraction of sp³-hybridized carbons (Fsp3) is 0.600. The molecule has 1 aliphatic rings. The van der Waals surface area contributed by atoms with E-state index in [-0.39, 0.29) is 5.41 Å². The Morgan fingerprint density at radius 2 is 1.83 bits per heavy atom. The van der Waals surface area contributed by atoms with Crippen molar-refractivity contribution < 1.29 is 0 Å². The minimum Gasteiger partial charge on any atom is -0.316 e. The predicted molar refractivity (Wildman–Crippen MR) is 79.7 cm³/mol. The van der Waals surface area contributed by atoms with Gasteiger partial charge in [0.1, 0.15) is 0 Å². The summed E-state index contributed by atoms with van der Waals surface area (Å²) in [5.41, 5.74) is 1.98. The molecule has 1 nitrogen and oxygen atoms in total. The second-order valence-corrected chi connectivity index (χ2v) is 7.02. The number of hydrogen-bond acceptors (Lipinski definition) is 1. The van der Waals surface area contributed by atoms with Gasteiger partial charge in [0.25, 0.3) is 0 Å². The zero-order chi connectivity index (χ0) is 13.4. The number of rotatable bonds is 4. The fourth-order valence-electron chi connectivity index (χ4n) is 3.40. The van der Waals surface area contributed by atoms with Crippen LogP contribution in [0.1, 0.15) is 39.2 Å². The minimum atomic E-state index is 0.230. The summed E-state index contributed by atoms with van der Waals surface area (Å²) in [4.78, 5) is 0. The van der Waals surface area contributed by atoms with Crippen molar-refractivity contribution in [3.05, 3.63) is 33.8 Å². The van der Waals surface area contributed by atoms with Crippen molar-refractivity contribution in [1.29, 1.82) is 0 Å². The molecule has 1 aliphatic carbocycles. The lowest BCUT2D eigenvalue weighted by molar-refractivity contribution is 0.0567. The van der Waals surface area contributed by atoms with Gasteiger partial charge in [-0.15, -0.1) is 0 Å². The van der Waals surface area contributed by atoms with Gasteiger partial charge in [0.15, 0.2) is 0 Å². The molecule has 1 aromatic carbocycles. The number of likely N-dealkylation sites (N-methyl/N-ethyl adjacent to an activating group) is 1. The summed E-state index contributed by atoms with van der Waals surface area (Å²) in [6.45, 7) is 8.82. The van der Waals surface area contributed by atoms with Crippen LogP contribution in [0.3, 0.4) is 0 Å². The van der Waals surface area contributed by atoms with Gasteiger partial charge in [-0.25, -0.2) is 0 Å². The van der Waals surface area contributed by atoms with Crippen LogP contribution in [0.15, 0.2) is 18.2 Å². The Kier molecular flexibility index (Phi) is 3.96. The molecule has 0 saturated heterocycles. The molecule has 2 rings (SSSR count). The number of nitrogens with one attached hydrogen (secondary N) is 1. The van der Waals surface area contributed by atoms with Gasteiger partial charge in [0.2, 0.25) is 0 Å². The molecule has 0 amide bonds. The molecule has 0 radical (unpaired) electrons. The van der Waals surface area contributed by atoms with E-state index in [1.165, 1.54) is 18.4 Å². The molecule has 1 N–H and O–H groups in total. The molecule has 18 heavy (non-hydrogen) atoms. The summed E-state index contributed by atoms with van der Waals surface area (Å²) >= 11 is 12.2. The molecule has 100 valence electrons. The van der Waals surface area contributed by atoms with Crippen LogP contribution in [-0.2, 0) is 5.41 Å². The van der Waals surface area contributed by atoms with Crippen molar-refractivity contribution >= 4 is 23.2 Å². The van der Waals surface area contributed by atoms with Crippen LogP contribution in [0.5, 0.6) is 0 Å². The van der Waals surface area contributed by atoms with Gasteiger partial charge in [-0.1, -0.05) is 50.0 Å². The van der Waals surface area contributed by atoms with Crippen molar-refractivity contribution in [1.82, 2.24) is 5.32 Å². The van der Waals surface area contributed by atoms with Crippen LogP contribution in [0.4, 0.5) is 0 Å². The first-order valence-corrected chi connectivity index (χ1v) is 7.30. The SMILES string of the molecule is CCNCC1(c2ccc(Cl)c(Cl)c2)CC(C)(C)C1. The Balaban J connectivity index is 2.27. The molecule has 0 atom stereocenters. The first-order chi connectivity index (χ1) is 8.38. The van der Waals surface area contributed by atoms with Crippen molar-refractivity contribution in [2.24, 2.45) is 5.41 Å². The standard InChI is InChI=1S/C15H21Cl2N/c1-4-18-10-15(8-14(2,3)9-15)11-5-6-12(16)13(17)7-11/h5-7,18H,4,8-10H2,1-3H3. The number of halogens is 2. The first kappa shape index (κ1) is 14.2. The molecule has 0 spiro atoms. The van der Waals surface area contributed by atoms with Crippen LogP contribution < -0.4 is 5.32 Å². The summed E-state index contributed by atoms with van der Waals surface area (Å²) in [6.07, 6.45) is 2.40. The van der Waals surface area contributed by atoms with Crippen LogP contribution in [0.2, 0.25) is 10.0 Å². The zero-order valence-electron chi connectivity index (χ0n) is 11.3. The molecule has 0 heterocycles. The van der Waals surface area contributed by atoms with Crippen LogP contribution in [0, 0.1) is 5.41 Å². The van der Waals surface area contributed by atoms with Gasteiger partial charge in [-0.3, -0.25) is 0 Å². The first-order valence-electron chi connectivity index (χ1n) is 6.55. The van der Waals surface area contributed by atoms with Crippen molar-refractivity contribution in [2.75, 3.05) is 13.1 Å². The molecule has 1 aromatic rings. The molecule has 3 heteroatoms. The maximum atomic E-state index is 6.15. The lowest BCUT2D eigenvalue weighted by atomic mass is 9.52. The van der Waals surface area contributed by atoms with Gasteiger partial charge in [-0.05, 0) is 42.5 Å². The third-order valence-electron chi connectivity index (χ3n) is 3.88. The van der Waals surface area contributed by atoms with Crippen LogP contribution in [0.25, 0.3) is 0 Å². The van der Waals surface area contributed by atoms with E-state index in [0.717, 1.165) is 13.1 Å². The summed E-state index contributed by atoms with van der Waals surface area (Å²) < 4.78 is 0. The van der Waals surface area contributed by atoms with E-state index in [1.54, 1.807) is 0 Å². The van der Waals surface area contributed by atoms with Crippen molar-refractivity contribution in [3.63, 3.8) is 0 Å². The Bertz CT molecular complexity index is 432. The van der Waals surface area contributed by atoms with E-state index in [1.807, 2.05) is 12.1 Å². The quantitative estimate of drug-likeness (QED) is 0.848. The van der Waals surface area contributed by atoms with Crippen molar-refractivity contribution in [3.8, 4) is 0 Å². The van der Waals surface area contributed by atoms with E-state index in [0.29, 0.717) is 15.5 Å². The van der Waals surface area contributed by atoms with E-state index in [2.05, 4.69) is 32.2 Å². The molecule has 1 saturated carbocycles. The predicted octanol–water partition coefficient (Wildman–Crippen LogP) is 4.66. The number of hydrogen-bond donors (Lipinski definition) is 1. The summed E-state index contributed by atoms with van der Waals surface area (Å²) in [7, 11) is 0. The highest BCUT2D eigenvalue weighted by Gasteiger charge is 2.49. The van der Waals surface area contributed by atoms with Gasteiger partial charge >= 0.3 is 0 Å². The van der Waals surface area contributed by atoms with Gasteiger partial charge in [0.05, 0.1) is 10.0 Å². The molecular weight excluding hydrogens is 265 g/mol. The Hall–Kier alpha value is -0.240. The van der Waals surface area contributed by atoms with Gasteiger partial charge < -0.3 is 5.32 Å². The highest BCUT2D eigenvalue weighted by molar-refractivity contribution is 6.42. The fourth-order valence-corrected chi connectivity index (χ4v) is 3.70.